The van der Waals surface area contributed by atoms with Gasteiger partial charge in [0.1, 0.15) is 17.8 Å². The van der Waals surface area contributed by atoms with Crippen molar-refractivity contribution in [3.05, 3.63) is 22.7 Å². The molecule has 1 heterocycles. The first-order valence-corrected chi connectivity index (χ1v) is 6.72. The summed E-state index contributed by atoms with van der Waals surface area (Å²) in [6, 6.07) is 4.25. The van der Waals surface area contributed by atoms with Gasteiger partial charge in [-0.05, 0) is 41.9 Å². The highest BCUT2D eigenvalue weighted by atomic mass is 79.9. The summed E-state index contributed by atoms with van der Waals surface area (Å²) in [4.78, 5) is 25.6. The van der Waals surface area contributed by atoms with Crippen LogP contribution in [0.2, 0.25) is 0 Å². The standard InChI is InChI=1S/C13H15BrN2O3/c1-7-13(18)16(8(2)12(17)15-7)11-6-9(19-3)4-5-10(11)14/h4-8H,1-3H3,(H,15,17). The number of piperazine rings is 1. The molecule has 2 rings (SSSR count). The van der Waals surface area contributed by atoms with Crippen LogP contribution in [0.1, 0.15) is 13.8 Å². The molecule has 2 unspecified atom stereocenters. The molecule has 1 aromatic rings. The van der Waals surface area contributed by atoms with Crippen molar-refractivity contribution in [1.29, 1.82) is 0 Å². The Morgan fingerprint density at radius 2 is 2.00 bits per heavy atom. The van der Waals surface area contributed by atoms with E-state index >= 15 is 0 Å². The van der Waals surface area contributed by atoms with Crippen LogP contribution < -0.4 is 15.0 Å². The van der Waals surface area contributed by atoms with E-state index in [1.54, 1.807) is 39.2 Å². The average Bonchev–Trinajstić information content (AvgIpc) is 2.39. The van der Waals surface area contributed by atoms with Crippen LogP contribution in [0.25, 0.3) is 0 Å². The highest BCUT2D eigenvalue weighted by Gasteiger charge is 2.37. The van der Waals surface area contributed by atoms with Gasteiger partial charge in [0, 0.05) is 10.5 Å². The summed E-state index contributed by atoms with van der Waals surface area (Å²) in [6.45, 7) is 3.37. The first-order valence-electron chi connectivity index (χ1n) is 5.92. The number of amides is 2. The minimum absolute atomic E-state index is 0.138. The van der Waals surface area contributed by atoms with Gasteiger partial charge in [-0.3, -0.25) is 14.5 Å². The monoisotopic (exact) mass is 326 g/mol. The lowest BCUT2D eigenvalue weighted by Crippen LogP contribution is -2.61. The van der Waals surface area contributed by atoms with Gasteiger partial charge in [-0.1, -0.05) is 0 Å². The van der Waals surface area contributed by atoms with Crippen molar-refractivity contribution in [2.24, 2.45) is 0 Å². The van der Waals surface area contributed by atoms with Gasteiger partial charge in [0.2, 0.25) is 11.8 Å². The second-order valence-electron chi connectivity index (χ2n) is 4.43. The number of nitrogens with zero attached hydrogens (tertiary/aromatic N) is 1. The molecule has 19 heavy (non-hydrogen) atoms. The number of carbonyl (C=O) groups is 2. The van der Waals surface area contributed by atoms with Gasteiger partial charge in [-0.15, -0.1) is 0 Å². The third kappa shape index (κ3) is 2.45. The number of hydrogen-bond donors (Lipinski definition) is 1. The average molecular weight is 327 g/mol. The molecule has 6 heteroatoms. The van der Waals surface area contributed by atoms with Crippen molar-refractivity contribution in [1.82, 2.24) is 5.32 Å². The lowest BCUT2D eigenvalue weighted by molar-refractivity contribution is -0.133. The molecule has 1 fully saturated rings. The fraction of sp³-hybridized carbons (Fsp3) is 0.385. The predicted molar refractivity (Wildman–Crippen MR) is 75.2 cm³/mol. The molecule has 0 aliphatic carbocycles. The molecule has 1 aliphatic heterocycles. The van der Waals surface area contributed by atoms with Crippen molar-refractivity contribution in [2.75, 3.05) is 12.0 Å². The molecule has 0 aromatic heterocycles. The zero-order valence-electron chi connectivity index (χ0n) is 10.9. The molecule has 2 atom stereocenters. The van der Waals surface area contributed by atoms with E-state index in [-0.39, 0.29) is 11.8 Å². The van der Waals surface area contributed by atoms with Crippen molar-refractivity contribution >= 4 is 33.4 Å². The number of benzene rings is 1. The van der Waals surface area contributed by atoms with Crippen molar-refractivity contribution in [2.45, 2.75) is 25.9 Å². The molecule has 0 saturated carbocycles. The predicted octanol–water partition coefficient (Wildman–Crippen LogP) is 1.70. The number of rotatable bonds is 2. The number of carbonyl (C=O) groups excluding carboxylic acids is 2. The Bertz CT molecular complexity index is 533. The molecule has 0 spiro atoms. The molecule has 102 valence electrons. The van der Waals surface area contributed by atoms with Gasteiger partial charge >= 0.3 is 0 Å². The molecule has 1 aliphatic rings. The highest BCUT2D eigenvalue weighted by molar-refractivity contribution is 9.10. The van der Waals surface area contributed by atoms with Crippen LogP contribution in [0.5, 0.6) is 5.75 Å². The van der Waals surface area contributed by atoms with E-state index in [4.69, 9.17) is 4.74 Å². The minimum atomic E-state index is -0.549. The van der Waals surface area contributed by atoms with E-state index in [9.17, 15) is 9.59 Å². The smallest absolute Gasteiger partial charge is 0.250 e. The molecule has 1 aromatic carbocycles. The number of anilines is 1. The van der Waals surface area contributed by atoms with Crippen molar-refractivity contribution in [3.8, 4) is 5.75 Å². The van der Waals surface area contributed by atoms with Crippen molar-refractivity contribution in [3.63, 3.8) is 0 Å². The third-order valence-electron chi connectivity index (χ3n) is 3.15. The zero-order chi connectivity index (χ0) is 14.2. The highest BCUT2D eigenvalue weighted by Crippen LogP contribution is 2.33. The SMILES string of the molecule is COc1ccc(Br)c(N2C(=O)C(C)NC(=O)C2C)c1. The van der Waals surface area contributed by atoms with Crippen LogP contribution in [0.3, 0.4) is 0 Å². The van der Waals surface area contributed by atoms with E-state index < -0.39 is 12.1 Å². The maximum atomic E-state index is 12.3. The van der Waals surface area contributed by atoms with E-state index in [2.05, 4.69) is 21.2 Å². The van der Waals surface area contributed by atoms with Gasteiger partial charge in [0.15, 0.2) is 0 Å². The fourth-order valence-electron chi connectivity index (χ4n) is 2.04. The molecular weight excluding hydrogens is 312 g/mol. The van der Waals surface area contributed by atoms with Gasteiger partial charge in [0.05, 0.1) is 12.8 Å². The summed E-state index contributed by atoms with van der Waals surface area (Å²) in [5.74, 6) is 0.333. The second-order valence-corrected chi connectivity index (χ2v) is 5.29. The Labute approximate surface area is 120 Å². The number of nitrogens with one attached hydrogen (secondary N) is 1. The van der Waals surface area contributed by atoms with Crippen LogP contribution in [0.4, 0.5) is 5.69 Å². The fourth-order valence-corrected chi connectivity index (χ4v) is 2.48. The number of methoxy groups -OCH3 is 1. The van der Waals surface area contributed by atoms with Crippen molar-refractivity contribution < 1.29 is 14.3 Å². The maximum Gasteiger partial charge on any atom is 0.250 e. The summed E-state index contributed by atoms with van der Waals surface area (Å²) in [6.07, 6.45) is 0. The molecule has 5 nitrogen and oxygen atoms in total. The van der Waals surface area contributed by atoms with Crippen LogP contribution in [-0.4, -0.2) is 31.0 Å². The van der Waals surface area contributed by atoms with Gasteiger partial charge < -0.3 is 10.1 Å². The Morgan fingerprint density at radius 1 is 1.32 bits per heavy atom. The van der Waals surface area contributed by atoms with E-state index in [1.165, 1.54) is 4.90 Å². The number of halogens is 1. The maximum absolute atomic E-state index is 12.3. The Balaban J connectivity index is 2.48. The lowest BCUT2D eigenvalue weighted by atomic mass is 10.1. The zero-order valence-corrected chi connectivity index (χ0v) is 12.5. The molecule has 1 saturated heterocycles. The van der Waals surface area contributed by atoms with Crippen LogP contribution in [0.15, 0.2) is 22.7 Å². The van der Waals surface area contributed by atoms with E-state index in [0.29, 0.717) is 11.4 Å². The first kappa shape index (κ1) is 13.9. The lowest BCUT2D eigenvalue weighted by Gasteiger charge is -2.36. The molecular formula is C13H15BrN2O3. The molecule has 2 amide bonds. The van der Waals surface area contributed by atoms with Crippen LogP contribution in [0, 0.1) is 0 Å². The quantitative estimate of drug-likeness (QED) is 0.899. The number of hydrogen-bond acceptors (Lipinski definition) is 3. The van der Waals surface area contributed by atoms with Gasteiger partial charge in [-0.2, -0.15) is 0 Å². The Kier molecular flexibility index (Phi) is 3.80. The molecule has 0 bridgehead atoms. The summed E-state index contributed by atoms with van der Waals surface area (Å²) in [5, 5.41) is 2.65. The van der Waals surface area contributed by atoms with E-state index in [1.807, 2.05) is 0 Å². The largest absolute Gasteiger partial charge is 0.497 e. The van der Waals surface area contributed by atoms with Gasteiger partial charge in [-0.25, -0.2) is 0 Å². The molecule has 0 radical (unpaired) electrons. The Morgan fingerprint density at radius 3 is 2.63 bits per heavy atom. The van der Waals surface area contributed by atoms with Crippen LogP contribution >= 0.6 is 15.9 Å². The summed E-state index contributed by atoms with van der Waals surface area (Å²) in [7, 11) is 1.56. The first-order chi connectivity index (χ1) is 8.95. The number of ether oxygens (including phenoxy) is 1. The molecule has 1 N–H and O–H groups in total. The summed E-state index contributed by atoms with van der Waals surface area (Å²) in [5.41, 5.74) is 0.638. The van der Waals surface area contributed by atoms with Crippen LogP contribution in [-0.2, 0) is 9.59 Å². The topological polar surface area (TPSA) is 58.6 Å². The second kappa shape index (κ2) is 5.21. The van der Waals surface area contributed by atoms with E-state index in [0.717, 1.165) is 4.47 Å². The summed E-state index contributed by atoms with van der Waals surface area (Å²) >= 11 is 3.41. The normalized spacial score (nSPS) is 23.3. The van der Waals surface area contributed by atoms with Gasteiger partial charge in [0.25, 0.3) is 0 Å². The summed E-state index contributed by atoms with van der Waals surface area (Å²) < 4.78 is 5.91. The third-order valence-corrected chi connectivity index (χ3v) is 3.82. The minimum Gasteiger partial charge on any atom is -0.497 e. The Hall–Kier alpha value is -1.56.